The lowest BCUT2D eigenvalue weighted by molar-refractivity contribution is 0.212. The van der Waals surface area contributed by atoms with E-state index in [9.17, 15) is 13.0 Å². The summed E-state index contributed by atoms with van der Waals surface area (Å²) < 4.78 is 38.4. The van der Waals surface area contributed by atoms with Crippen molar-refractivity contribution in [2.24, 2.45) is 0 Å². The van der Waals surface area contributed by atoms with Gasteiger partial charge in [0.2, 0.25) is 0 Å². The Morgan fingerprint density at radius 1 is 0.774 bits per heavy atom. The van der Waals surface area contributed by atoms with Crippen LogP contribution in [0.1, 0.15) is 115 Å². The summed E-state index contributed by atoms with van der Waals surface area (Å²) in [4.78, 5) is 0. The Balaban J connectivity index is 2.83. The molecule has 5 heteroatoms. The molecule has 0 heterocycles. The highest BCUT2D eigenvalue weighted by atomic mass is 32.2. The summed E-state index contributed by atoms with van der Waals surface area (Å²) in [5.74, 6) is 0.505. The molecule has 1 rings (SSSR count). The molecule has 0 aliphatic heterocycles. The second kappa shape index (κ2) is 16.5. The van der Waals surface area contributed by atoms with E-state index < -0.39 is 16.2 Å². The van der Waals surface area contributed by atoms with Crippen molar-refractivity contribution in [1.29, 1.82) is 0 Å². The Morgan fingerprint density at radius 2 is 1.23 bits per heavy atom. The third kappa shape index (κ3) is 13.2. The van der Waals surface area contributed by atoms with Gasteiger partial charge in [-0.25, -0.2) is 0 Å². The Morgan fingerprint density at radius 3 is 1.65 bits per heavy atom. The van der Waals surface area contributed by atoms with Gasteiger partial charge in [-0.3, -0.25) is 4.55 Å². The Kier molecular flexibility index (Phi) is 14.9. The van der Waals surface area contributed by atoms with Gasteiger partial charge in [-0.2, -0.15) is 8.42 Å². The van der Waals surface area contributed by atoms with Crippen molar-refractivity contribution in [2.45, 2.75) is 123 Å². The lowest BCUT2D eigenvalue weighted by Crippen LogP contribution is -2.26. The van der Waals surface area contributed by atoms with Gasteiger partial charge in [-0.15, -0.1) is 0 Å². The van der Waals surface area contributed by atoms with Crippen LogP contribution in [0.25, 0.3) is 0 Å². The molecule has 4 nitrogen and oxygen atoms in total. The van der Waals surface area contributed by atoms with Crippen LogP contribution in [-0.2, 0) is 23.0 Å². The first-order valence-electron chi connectivity index (χ1n) is 12.6. The van der Waals surface area contributed by atoms with E-state index in [0.717, 1.165) is 31.4 Å². The Hall–Kier alpha value is -1.07. The zero-order valence-electron chi connectivity index (χ0n) is 20.2. The molecule has 0 saturated carbocycles. The summed E-state index contributed by atoms with van der Waals surface area (Å²) in [6.45, 7) is 6.37. The van der Waals surface area contributed by atoms with Crippen molar-refractivity contribution in [3.8, 4) is 5.75 Å². The summed E-state index contributed by atoms with van der Waals surface area (Å²) in [6, 6.07) is 6.34. The molecule has 1 aromatic carbocycles. The fraction of sp³-hybridized carbons (Fsp3) is 0.769. The molecule has 1 N–H and O–H groups in total. The van der Waals surface area contributed by atoms with E-state index in [1.165, 1.54) is 75.3 Å². The number of para-hydroxylation sites is 1. The summed E-state index contributed by atoms with van der Waals surface area (Å²) in [6.07, 6.45) is 16.8. The summed E-state index contributed by atoms with van der Waals surface area (Å²) in [5.41, 5.74) is 2.35. The molecule has 31 heavy (non-hydrogen) atoms. The molecule has 0 aliphatic carbocycles. The number of benzene rings is 1. The molecule has 0 bridgehead atoms. The Labute approximate surface area is 191 Å². The zero-order chi connectivity index (χ0) is 23.0. The Bertz CT molecular complexity index is 650. The maximum atomic E-state index is 11.4. The number of hydrogen-bond donors (Lipinski definition) is 1. The topological polar surface area (TPSA) is 63.6 Å². The molecular formula is C26H46O4S. The molecule has 0 radical (unpaired) electrons. The van der Waals surface area contributed by atoms with Crippen LogP contribution in [0.3, 0.4) is 0 Å². The quantitative estimate of drug-likeness (QED) is 0.173. The minimum Gasteiger partial charge on any atom is -0.489 e. The second-order valence-electron chi connectivity index (χ2n) is 8.84. The molecule has 1 unspecified atom stereocenters. The van der Waals surface area contributed by atoms with Crippen LogP contribution in [0.5, 0.6) is 5.75 Å². The van der Waals surface area contributed by atoms with Crippen molar-refractivity contribution in [2.75, 3.05) is 5.75 Å². The van der Waals surface area contributed by atoms with Crippen LogP contribution >= 0.6 is 0 Å². The minimum atomic E-state index is -4.07. The molecular weight excluding hydrogens is 408 g/mol. The molecule has 1 atom stereocenters. The molecule has 0 saturated heterocycles. The number of ether oxygens (including phenoxy) is 1. The van der Waals surface area contributed by atoms with Crippen molar-refractivity contribution >= 4 is 10.1 Å². The minimum absolute atomic E-state index is 0.356. The average Bonchev–Trinajstić information content (AvgIpc) is 2.73. The molecule has 0 aromatic heterocycles. The van der Waals surface area contributed by atoms with E-state index in [0.29, 0.717) is 6.42 Å². The number of unbranched alkanes of at least 4 members (excludes halogenated alkanes) is 10. The molecule has 1 aromatic rings. The normalized spacial score (nSPS) is 12.8. The van der Waals surface area contributed by atoms with E-state index >= 15 is 0 Å². The van der Waals surface area contributed by atoms with E-state index in [4.69, 9.17) is 4.74 Å². The molecule has 0 fully saturated rings. The maximum absolute atomic E-state index is 11.4. The zero-order valence-corrected chi connectivity index (χ0v) is 21.0. The van der Waals surface area contributed by atoms with Gasteiger partial charge < -0.3 is 4.74 Å². The van der Waals surface area contributed by atoms with Crippen molar-refractivity contribution in [3.05, 3.63) is 29.3 Å². The van der Waals surface area contributed by atoms with E-state index in [1.807, 2.05) is 6.92 Å². The summed E-state index contributed by atoms with van der Waals surface area (Å²) >= 11 is 0. The van der Waals surface area contributed by atoms with E-state index in [1.54, 1.807) is 0 Å². The molecule has 180 valence electrons. The second-order valence-corrected chi connectivity index (χ2v) is 10.3. The fourth-order valence-electron chi connectivity index (χ4n) is 4.01. The number of rotatable bonds is 19. The van der Waals surface area contributed by atoms with Gasteiger partial charge in [0.1, 0.15) is 17.6 Å². The molecule has 0 aliphatic rings. The fourth-order valence-corrected chi connectivity index (χ4v) is 4.79. The first-order valence-corrected chi connectivity index (χ1v) is 14.2. The van der Waals surface area contributed by atoms with Crippen LogP contribution in [0.4, 0.5) is 0 Å². The summed E-state index contributed by atoms with van der Waals surface area (Å²) in [7, 11) is -4.07. The molecule has 0 spiro atoms. The largest absolute Gasteiger partial charge is 0.489 e. The van der Waals surface area contributed by atoms with Gasteiger partial charge in [0.25, 0.3) is 10.1 Å². The molecule has 0 amide bonds. The maximum Gasteiger partial charge on any atom is 0.268 e. The lowest BCUT2D eigenvalue weighted by Gasteiger charge is -2.22. The number of aryl methyl sites for hydroxylation is 2. The van der Waals surface area contributed by atoms with Crippen LogP contribution in [0.2, 0.25) is 0 Å². The van der Waals surface area contributed by atoms with Crippen LogP contribution in [0, 0.1) is 0 Å². The summed E-state index contributed by atoms with van der Waals surface area (Å²) in [5, 5.41) is 0. The lowest BCUT2D eigenvalue weighted by atomic mass is 9.98. The standard InChI is InChI=1S/C26H46O4S/c1-4-7-9-11-13-15-18-23-20-17-21-24(19-16-14-12-10-8-5-2)26(23)30-25(6-3)22-31(27,28)29/h17,20-21,25H,4-16,18-19,22H2,1-3H3,(H,27,28,29). The first kappa shape index (κ1) is 28.0. The van der Waals surface area contributed by atoms with Crippen LogP contribution in [0.15, 0.2) is 18.2 Å². The number of hydrogen-bond acceptors (Lipinski definition) is 3. The third-order valence-corrected chi connectivity index (χ3v) is 6.71. The predicted octanol–water partition coefficient (Wildman–Crippen LogP) is 7.54. The predicted molar refractivity (Wildman–Crippen MR) is 132 cm³/mol. The van der Waals surface area contributed by atoms with Gasteiger partial charge in [0.05, 0.1) is 0 Å². The van der Waals surface area contributed by atoms with Gasteiger partial charge in [-0.1, -0.05) is 103 Å². The van der Waals surface area contributed by atoms with Crippen molar-refractivity contribution in [3.63, 3.8) is 0 Å². The van der Waals surface area contributed by atoms with E-state index in [2.05, 4.69) is 32.0 Å². The van der Waals surface area contributed by atoms with Gasteiger partial charge in [-0.05, 0) is 43.2 Å². The van der Waals surface area contributed by atoms with Crippen molar-refractivity contribution in [1.82, 2.24) is 0 Å². The highest BCUT2D eigenvalue weighted by molar-refractivity contribution is 7.85. The van der Waals surface area contributed by atoms with Gasteiger partial charge >= 0.3 is 0 Å². The van der Waals surface area contributed by atoms with Crippen LogP contribution in [-0.4, -0.2) is 24.8 Å². The highest BCUT2D eigenvalue weighted by Gasteiger charge is 2.20. The van der Waals surface area contributed by atoms with Crippen LogP contribution < -0.4 is 4.74 Å². The SMILES string of the molecule is CCCCCCCCc1cccc(CCCCCCCC)c1OC(CC)CS(=O)(=O)O. The average molecular weight is 455 g/mol. The van der Waals surface area contributed by atoms with Gasteiger partial charge in [0, 0.05) is 0 Å². The smallest absolute Gasteiger partial charge is 0.268 e. The van der Waals surface area contributed by atoms with E-state index in [-0.39, 0.29) is 5.75 Å². The van der Waals surface area contributed by atoms with Crippen molar-refractivity contribution < 1.29 is 17.7 Å². The monoisotopic (exact) mass is 454 g/mol. The third-order valence-electron chi connectivity index (χ3n) is 5.91. The van der Waals surface area contributed by atoms with Gasteiger partial charge in [0.15, 0.2) is 0 Å². The first-order chi connectivity index (χ1) is 14.9. The highest BCUT2D eigenvalue weighted by Crippen LogP contribution is 2.29.